The van der Waals surface area contributed by atoms with E-state index in [2.05, 4.69) is 22.1 Å². The first kappa shape index (κ1) is 24.3. The summed E-state index contributed by atoms with van der Waals surface area (Å²) in [5, 5.41) is 4.05. The van der Waals surface area contributed by atoms with E-state index in [0.29, 0.717) is 34.8 Å². The van der Waals surface area contributed by atoms with Crippen LogP contribution in [-0.2, 0) is 15.2 Å². The lowest BCUT2D eigenvalue weighted by molar-refractivity contribution is -0.169. The molecule has 0 saturated carbocycles. The summed E-state index contributed by atoms with van der Waals surface area (Å²) < 4.78 is 11.6. The third-order valence-electron chi connectivity index (χ3n) is 5.97. The Morgan fingerprint density at radius 1 is 1.15 bits per heavy atom. The summed E-state index contributed by atoms with van der Waals surface area (Å²) in [6.45, 7) is 5.82. The molecule has 1 aromatic carbocycles. The molecule has 1 aromatic heterocycles. The van der Waals surface area contributed by atoms with Crippen molar-refractivity contribution in [2.24, 2.45) is 0 Å². The zero-order valence-electron chi connectivity index (χ0n) is 19.0. The molecular formula is C24H31ClN4O3S. The van der Waals surface area contributed by atoms with Crippen LogP contribution < -0.4 is 10.2 Å². The predicted octanol–water partition coefficient (Wildman–Crippen LogP) is 4.69. The second-order valence-corrected chi connectivity index (χ2v) is 9.70. The van der Waals surface area contributed by atoms with Crippen molar-refractivity contribution >= 4 is 35.1 Å². The minimum absolute atomic E-state index is 0.0233. The number of hydrogen-bond donors (Lipinski definition) is 1. The predicted molar refractivity (Wildman–Crippen MR) is 131 cm³/mol. The normalized spacial score (nSPS) is 17.5. The molecule has 0 atom stereocenters. The van der Waals surface area contributed by atoms with Crippen LogP contribution in [0.2, 0.25) is 5.15 Å². The molecule has 178 valence electrons. The molecular weight excluding hydrogens is 460 g/mol. The molecule has 1 N–H and O–H groups in total. The molecule has 1 spiro atoms. The summed E-state index contributed by atoms with van der Waals surface area (Å²) in [7, 11) is 0. The van der Waals surface area contributed by atoms with E-state index in [4.69, 9.17) is 26.1 Å². The van der Waals surface area contributed by atoms with Gasteiger partial charge in [0.1, 0.15) is 11.0 Å². The quantitative estimate of drug-likeness (QED) is 0.236. The SMILES string of the molecule is CCCCCNC(=O)c1ccc(CSc2nc(Cl)cc(N3CCC4(CC3)OCCO4)n2)cc1. The summed E-state index contributed by atoms with van der Waals surface area (Å²) in [6.07, 6.45) is 4.91. The number of nitrogens with zero attached hydrogens (tertiary/aromatic N) is 3. The van der Waals surface area contributed by atoms with Gasteiger partial charge in [0.15, 0.2) is 10.9 Å². The van der Waals surface area contributed by atoms with E-state index in [1.807, 2.05) is 30.3 Å². The van der Waals surface area contributed by atoms with Crippen molar-refractivity contribution in [3.05, 3.63) is 46.6 Å². The molecule has 1 amide bonds. The first-order valence-corrected chi connectivity index (χ1v) is 13.0. The van der Waals surface area contributed by atoms with Crippen LogP contribution in [0.5, 0.6) is 0 Å². The van der Waals surface area contributed by atoms with E-state index < -0.39 is 5.79 Å². The number of rotatable bonds is 9. The van der Waals surface area contributed by atoms with Gasteiger partial charge in [0.05, 0.1) is 13.2 Å². The number of hydrogen-bond acceptors (Lipinski definition) is 7. The van der Waals surface area contributed by atoms with Crippen molar-refractivity contribution in [1.82, 2.24) is 15.3 Å². The summed E-state index contributed by atoms with van der Waals surface area (Å²) in [5.74, 6) is 1.09. The fraction of sp³-hybridized carbons (Fsp3) is 0.542. The number of unbranched alkanes of at least 4 members (excludes halogenated alkanes) is 2. The number of thioether (sulfide) groups is 1. The number of ether oxygens (including phenoxy) is 2. The first-order valence-electron chi connectivity index (χ1n) is 11.6. The van der Waals surface area contributed by atoms with Gasteiger partial charge < -0.3 is 19.7 Å². The molecule has 3 heterocycles. The van der Waals surface area contributed by atoms with Crippen molar-refractivity contribution < 1.29 is 14.3 Å². The maximum Gasteiger partial charge on any atom is 0.251 e. The van der Waals surface area contributed by atoms with Gasteiger partial charge >= 0.3 is 0 Å². The Morgan fingerprint density at radius 2 is 1.88 bits per heavy atom. The van der Waals surface area contributed by atoms with Gasteiger partial charge in [-0.1, -0.05) is 55.3 Å². The van der Waals surface area contributed by atoms with Crippen LogP contribution in [0.15, 0.2) is 35.5 Å². The number of amides is 1. The number of aromatic nitrogens is 2. The average Bonchev–Trinajstić information content (AvgIpc) is 3.28. The van der Waals surface area contributed by atoms with Crippen LogP contribution >= 0.6 is 23.4 Å². The van der Waals surface area contributed by atoms with E-state index in [9.17, 15) is 4.79 Å². The Morgan fingerprint density at radius 3 is 2.58 bits per heavy atom. The van der Waals surface area contributed by atoms with Crippen LogP contribution in [0, 0.1) is 0 Å². The van der Waals surface area contributed by atoms with E-state index in [1.165, 1.54) is 11.8 Å². The maximum atomic E-state index is 12.2. The molecule has 0 radical (unpaired) electrons. The summed E-state index contributed by atoms with van der Waals surface area (Å²) in [4.78, 5) is 23.6. The minimum atomic E-state index is -0.413. The molecule has 2 aliphatic heterocycles. The molecule has 0 bridgehead atoms. The summed E-state index contributed by atoms with van der Waals surface area (Å²) in [6, 6.07) is 9.50. The summed E-state index contributed by atoms with van der Waals surface area (Å²) in [5.41, 5.74) is 1.78. The van der Waals surface area contributed by atoms with E-state index in [0.717, 1.165) is 63.1 Å². The molecule has 33 heavy (non-hydrogen) atoms. The molecule has 7 nitrogen and oxygen atoms in total. The zero-order valence-corrected chi connectivity index (χ0v) is 20.6. The minimum Gasteiger partial charge on any atom is -0.356 e. The van der Waals surface area contributed by atoms with Gasteiger partial charge in [-0.15, -0.1) is 0 Å². The van der Waals surface area contributed by atoms with Crippen LogP contribution in [0.4, 0.5) is 5.82 Å². The van der Waals surface area contributed by atoms with Crippen molar-refractivity contribution in [1.29, 1.82) is 0 Å². The first-order chi connectivity index (χ1) is 16.1. The van der Waals surface area contributed by atoms with Crippen LogP contribution in [0.3, 0.4) is 0 Å². The molecule has 9 heteroatoms. The molecule has 0 unspecified atom stereocenters. The van der Waals surface area contributed by atoms with E-state index >= 15 is 0 Å². The lowest BCUT2D eigenvalue weighted by Crippen LogP contribution is -2.45. The van der Waals surface area contributed by atoms with Crippen molar-refractivity contribution in [3.63, 3.8) is 0 Å². The van der Waals surface area contributed by atoms with Gasteiger partial charge in [-0.05, 0) is 24.1 Å². The zero-order chi connectivity index (χ0) is 23.1. The second-order valence-electron chi connectivity index (χ2n) is 8.37. The van der Waals surface area contributed by atoms with Gasteiger partial charge in [-0.25, -0.2) is 9.97 Å². The average molecular weight is 491 g/mol. The van der Waals surface area contributed by atoms with Crippen LogP contribution in [-0.4, -0.2) is 54.5 Å². The Hall–Kier alpha value is -1.87. The van der Waals surface area contributed by atoms with Crippen molar-refractivity contribution in [2.45, 2.75) is 55.7 Å². The highest BCUT2D eigenvalue weighted by atomic mass is 35.5. The van der Waals surface area contributed by atoms with Crippen molar-refractivity contribution in [2.75, 3.05) is 37.7 Å². The smallest absolute Gasteiger partial charge is 0.251 e. The number of anilines is 1. The largest absolute Gasteiger partial charge is 0.356 e. The molecule has 4 rings (SSSR count). The van der Waals surface area contributed by atoms with Gasteiger partial charge in [0, 0.05) is 49.9 Å². The van der Waals surface area contributed by atoms with Gasteiger partial charge in [-0.3, -0.25) is 4.79 Å². The third kappa shape index (κ3) is 6.59. The van der Waals surface area contributed by atoms with Crippen molar-refractivity contribution in [3.8, 4) is 0 Å². The molecule has 2 saturated heterocycles. The molecule has 2 aliphatic rings. The van der Waals surface area contributed by atoms with E-state index in [-0.39, 0.29) is 5.91 Å². The Balaban J connectivity index is 1.30. The second kappa shape index (κ2) is 11.5. The van der Waals surface area contributed by atoms with Gasteiger partial charge in [0.25, 0.3) is 5.91 Å². The van der Waals surface area contributed by atoms with Crippen LogP contribution in [0.25, 0.3) is 0 Å². The fourth-order valence-electron chi connectivity index (χ4n) is 4.05. The van der Waals surface area contributed by atoms with Gasteiger partial charge in [-0.2, -0.15) is 0 Å². The Kier molecular flexibility index (Phi) is 8.46. The fourth-order valence-corrected chi connectivity index (χ4v) is 5.09. The third-order valence-corrected chi connectivity index (χ3v) is 7.09. The number of carbonyl (C=O) groups is 1. The highest BCUT2D eigenvalue weighted by Gasteiger charge is 2.40. The number of benzene rings is 1. The lowest BCUT2D eigenvalue weighted by Gasteiger charge is -2.38. The molecule has 0 aliphatic carbocycles. The Bertz CT molecular complexity index is 928. The topological polar surface area (TPSA) is 76.6 Å². The monoisotopic (exact) mass is 490 g/mol. The maximum absolute atomic E-state index is 12.2. The van der Waals surface area contributed by atoms with Gasteiger partial charge in [0.2, 0.25) is 0 Å². The summed E-state index contributed by atoms with van der Waals surface area (Å²) >= 11 is 7.84. The highest BCUT2D eigenvalue weighted by Crippen LogP contribution is 2.33. The standard InChI is InChI=1S/C24H31ClN4O3S/c1-2-3-4-11-26-22(30)19-7-5-18(6-8-19)17-33-23-27-20(25)16-21(28-23)29-12-9-24(10-13-29)31-14-15-32-24/h5-8,16H,2-4,9-15,17H2,1H3,(H,26,30). The highest BCUT2D eigenvalue weighted by molar-refractivity contribution is 7.98. The molecule has 2 aromatic rings. The van der Waals surface area contributed by atoms with Crippen LogP contribution in [0.1, 0.15) is 54.9 Å². The number of nitrogens with one attached hydrogen (secondary N) is 1. The lowest BCUT2D eigenvalue weighted by atomic mass is 10.0. The van der Waals surface area contributed by atoms with E-state index in [1.54, 1.807) is 0 Å². The number of halogens is 1. The molecule has 2 fully saturated rings. The number of carbonyl (C=O) groups excluding carboxylic acids is 1. The number of piperidine rings is 1. The Labute approximate surface area is 204 Å².